The fourth-order valence-corrected chi connectivity index (χ4v) is 0. The van der Waals surface area contributed by atoms with E-state index in [1.54, 1.807) is 0 Å². The minimum Gasteiger partial charge on any atom is -0.358 e. The Morgan fingerprint density at radius 3 is 0.571 bits per heavy atom. The van der Waals surface area contributed by atoms with Crippen LogP contribution in [0.15, 0.2) is 0 Å². The molecular weight excluding hydrogens is 187 g/mol. The summed E-state index contributed by atoms with van der Waals surface area (Å²) in [5.41, 5.74) is 0. The molecule has 0 unspecified atom stereocenters. The second-order valence-electron chi connectivity index (χ2n) is 0. The molecule has 0 bridgehead atoms. The molecule has 0 spiro atoms. The maximum atomic E-state index is 0. The molecule has 7 heavy (non-hydrogen) atoms. The summed E-state index contributed by atoms with van der Waals surface area (Å²) in [7, 11) is 0. The van der Waals surface area contributed by atoms with Gasteiger partial charge in [0.15, 0.2) is 0 Å². The number of hydrogen-bond donors (Lipinski definition) is 0. The summed E-state index contributed by atoms with van der Waals surface area (Å²) >= 11 is 0. The van der Waals surface area contributed by atoms with Crippen LogP contribution in [0, 0.1) is 7.43 Å². The van der Waals surface area contributed by atoms with Crippen molar-refractivity contribution in [2.75, 3.05) is 0 Å². The van der Waals surface area contributed by atoms with Crippen molar-refractivity contribution in [3.05, 3.63) is 7.43 Å². The van der Waals surface area contributed by atoms with Gasteiger partial charge in [-0.15, -0.1) is 0 Å². The summed E-state index contributed by atoms with van der Waals surface area (Å²) in [6.07, 6.45) is 0. The molecule has 0 N–H and O–H groups in total. The first-order valence-corrected chi connectivity index (χ1v) is 0. The van der Waals surface area contributed by atoms with Crippen LogP contribution >= 0.6 is 0 Å². The van der Waals surface area contributed by atoms with E-state index in [-0.39, 0.29) is 71.3 Å². The molecule has 0 aliphatic rings. The molecule has 0 rings (SSSR count). The molecule has 0 aliphatic carbocycles. The largest absolute Gasteiger partial charge is 1.00 e. The van der Waals surface area contributed by atoms with Crippen LogP contribution in [0.4, 0.5) is 0 Å². The van der Waals surface area contributed by atoms with Gasteiger partial charge in [-0.05, 0) is 0 Å². The smallest absolute Gasteiger partial charge is 0.358 e. The Kier molecular flexibility index (Phi) is 12500. The first kappa shape index (κ1) is 369. The van der Waals surface area contributed by atoms with E-state index in [9.17, 15) is 0 Å². The van der Waals surface area contributed by atoms with Gasteiger partial charge in [0.2, 0.25) is 0 Å². The van der Waals surface area contributed by atoms with Gasteiger partial charge in [0.25, 0.3) is 0 Å². The molecule has 2 heteroatoms. The van der Waals surface area contributed by atoms with E-state index in [1.165, 1.54) is 0 Å². The van der Waals surface area contributed by atoms with Gasteiger partial charge >= 0.3 is 17.1 Å². The fraction of sp³-hybridized carbons (Fsp3) is 0.800. The summed E-state index contributed by atoms with van der Waals surface area (Å²) < 4.78 is 0. The Hall–Kier alpha value is 1.04. The Balaban J connectivity index is 0. The first-order valence-electron chi connectivity index (χ1n) is 0. The van der Waals surface area contributed by atoms with Crippen LogP contribution in [-0.2, 0) is 34.1 Å². The van der Waals surface area contributed by atoms with E-state index in [4.69, 9.17) is 0 Å². The predicted molar refractivity (Wildman–Crippen MR) is 33.3 cm³/mol. The van der Waals surface area contributed by atoms with Crippen LogP contribution in [0.1, 0.15) is 29.7 Å². The Labute approximate surface area is 71.4 Å². The molecule has 61 valence electrons. The number of rotatable bonds is 0. The van der Waals surface area contributed by atoms with E-state index in [2.05, 4.69) is 0 Å². The predicted octanol–water partition coefficient (Wildman–Crippen LogP) is 2.99. The Morgan fingerprint density at radius 2 is 0.571 bits per heavy atom. The standard InChI is InChI=1S/4CH4.CH3.2Cu/h4*1H4;1H3;;/q;;;;-1;;+1. The van der Waals surface area contributed by atoms with Crippen LogP contribution in [0.25, 0.3) is 0 Å². The maximum Gasteiger partial charge on any atom is 1.00 e. The van der Waals surface area contributed by atoms with Gasteiger partial charge in [-0.2, -0.15) is 0 Å². The fourth-order valence-electron chi connectivity index (χ4n) is 0. The summed E-state index contributed by atoms with van der Waals surface area (Å²) in [6, 6.07) is 0. The van der Waals surface area contributed by atoms with Gasteiger partial charge < -0.3 is 7.43 Å². The third-order valence-corrected chi connectivity index (χ3v) is 0. The van der Waals surface area contributed by atoms with Gasteiger partial charge in [-0.25, -0.2) is 0 Å². The molecule has 0 saturated heterocycles. The zero-order valence-electron chi connectivity index (χ0n) is 1.60. The molecule has 0 amide bonds. The molecular formula is C5H19Cu2. The van der Waals surface area contributed by atoms with E-state index in [0.29, 0.717) is 0 Å². The van der Waals surface area contributed by atoms with E-state index >= 15 is 0 Å². The van der Waals surface area contributed by atoms with Crippen LogP contribution in [0.2, 0.25) is 0 Å². The molecule has 0 aromatic carbocycles. The summed E-state index contributed by atoms with van der Waals surface area (Å²) in [4.78, 5) is 0. The van der Waals surface area contributed by atoms with Crippen molar-refractivity contribution >= 4 is 0 Å². The van der Waals surface area contributed by atoms with Crippen molar-refractivity contribution in [3.63, 3.8) is 0 Å². The molecule has 0 fully saturated rings. The third-order valence-electron chi connectivity index (χ3n) is 0. The average Bonchev–Trinajstić information content (AvgIpc) is 0. The van der Waals surface area contributed by atoms with Gasteiger partial charge in [-0.1, -0.05) is 29.7 Å². The Bertz CT molecular complexity index is 6.04. The molecule has 1 radical (unpaired) electrons. The first-order chi connectivity index (χ1) is 0. The van der Waals surface area contributed by atoms with Crippen molar-refractivity contribution in [2.24, 2.45) is 0 Å². The minimum absolute atomic E-state index is 0. The van der Waals surface area contributed by atoms with Crippen molar-refractivity contribution in [3.8, 4) is 0 Å². The summed E-state index contributed by atoms with van der Waals surface area (Å²) in [6.45, 7) is 0. The molecule has 0 saturated carbocycles. The van der Waals surface area contributed by atoms with Crippen LogP contribution in [0.3, 0.4) is 0 Å². The van der Waals surface area contributed by atoms with Crippen molar-refractivity contribution in [1.29, 1.82) is 0 Å². The van der Waals surface area contributed by atoms with Gasteiger partial charge in [0, 0.05) is 17.1 Å². The molecule has 0 aromatic heterocycles. The van der Waals surface area contributed by atoms with Gasteiger partial charge in [0.05, 0.1) is 0 Å². The summed E-state index contributed by atoms with van der Waals surface area (Å²) in [5.74, 6) is 0. The van der Waals surface area contributed by atoms with E-state index in [0.717, 1.165) is 0 Å². The zero-order chi connectivity index (χ0) is 0. The van der Waals surface area contributed by atoms with E-state index in [1.807, 2.05) is 0 Å². The topological polar surface area (TPSA) is 0 Å². The van der Waals surface area contributed by atoms with Gasteiger partial charge in [-0.3, -0.25) is 0 Å². The average molecular weight is 206 g/mol. The quantitative estimate of drug-likeness (QED) is 0.422. The SMILES string of the molecule is C.C.C.C.[CH3-].[Cu+].[Cu]. The minimum atomic E-state index is 0. The normalized spacial score (nSPS) is 0. The molecule has 0 nitrogen and oxygen atoms in total. The molecule has 0 aromatic rings. The summed E-state index contributed by atoms with van der Waals surface area (Å²) in [5, 5.41) is 0. The monoisotopic (exact) mass is 205 g/mol. The van der Waals surface area contributed by atoms with E-state index < -0.39 is 0 Å². The van der Waals surface area contributed by atoms with Crippen LogP contribution < -0.4 is 0 Å². The van der Waals surface area contributed by atoms with Crippen molar-refractivity contribution in [1.82, 2.24) is 0 Å². The van der Waals surface area contributed by atoms with Crippen molar-refractivity contribution < 1.29 is 34.1 Å². The second kappa shape index (κ2) is 238. The number of hydrogen-bond acceptors (Lipinski definition) is 0. The molecule has 0 heterocycles. The second-order valence-corrected chi connectivity index (χ2v) is 0. The van der Waals surface area contributed by atoms with Crippen LogP contribution in [-0.4, -0.2) is 0 Å². The molecule has 0 atom stereocenters. The van der Waals surface area contributed by atoms with Crippen LogP contribution in [0.5, 0.6) is 0 Å². The third kappa shape index (κ3) is 166. The molecule has 0 aliphatic heterocycles. The maximum absolute atomic E-state index is 0. The Morgan fingerprint density at radius 1 is 0.571 bits per heavy atom. The van der Waals surface area contributed by atoms with Gasteiger partial charge in [0.1, 0.15) is 0 Å². The van der Waals surface area contributed by atoms with Crippen molar-refractivity contribution in [2.45, 2.75) is 29.7 Å². The zero-order valence-corrected chi connectivity index (χ0v) is 3.49.